The molecule has 0 saturated heterocycles. The summed E-state index contributed by atoms with van der Waals surface area (Å²) in [5.41, 5.74) is -0.836. The molecule has 0 radical (unpaired) electrons. The number of carbonyl (C=O) groups is 1. The summed E-state index contributed by atoms with van der Waals surface area (Å²) in [6.07, 6.45) is 3.64. The molecule has 0 aliphatic heterocycles. The van der Waals surface area contributed by atoms with Crippen LogP contribution in [0, 0.1) is 0 Å². The van der Waals surface area contributed by atoms with Crippen molar-refractivity contribution in [3.8, 4) is 0 Å². The average Bonchev–Trinajstić information content (AvgIpc) is 2.15. The van der Waals surface area contributed by atoms with Gasteiger partial charge in [0.25, 0.3) is 10.2 Å². The van der Waals surface area contributed by atoms with Crippen molar-refractivity contribution in [1.82, 2.24) is 4.31 Å². The molecule has 0 unspecified atom stereocenters. The van der Waals surface area contributed by atoms with Gasteiger partial charge in [0, 0.05) is 12.6 Å². The van der Waals surface area contributed by atoms with Gasteiger partial charge in [-0.1, -0.05) is 19.3 Å². The third-order valence-corrected chi connectivity index (χ3v) is 4.47. The molecule has 1 aliphatic carbocycles. The van der Waals surface area contributed by atoms with Gasteiger partial charge in [-0.05, 0) is 12.8 Å². The Hall–Kier alpha value is -0.660. The maximum Gasteiger partial charge on any atom is 0.305 e. The van der Waals surface area contributed by atoms with Crippen LogP contribution in [-0.2, 0) is 15.0 Å². The predicted molar refractivity (Wildman–Crippen MR) is 58.9 cm³/mol. The summed E-state index contributed by atoms with van der Waals surface area (Å²) in [6, 6.07) is 0. The maximum atomic E-state index is 11.3. The molecule has 1 rings (SSSR count). The molecular weight excluding hydrogens is 232 g/mol. The largest absolute Gasteiger partial charge is 0.481 e. The smallest absolute Gasteiger partial charge is 0.305 e. The second kappa shape index (κ2) is 4.68. The Labute approximate surface area is 95.6 Å². The monoisotopic (exact) mass is 250 g/mol. The lowest BCUT2D eigenvalue weighted by Crippen LogP contribution is -2.54. The van der Waals surface area contributed by atoms with Gasteiger partial charge >= 0.3 is 5.97 Å². The van der Waals surface area contributed by atoms with Crippen LogP contribution in [0.4, 0.5) is 0 Å². The fraction of sp³-hybridized carbons (Fsp3) is 0.889. The molecule has 0 aromatic heterocycles. The molecule has 3 N–H and O–H groups in total. The quantitative estimate of drug-likeness (QED) is 0.749. The molecule has 1 aliphatic rings. The van der Waals surface area contributed by atoms with Crippen molar-refractivity contribution in [2.45, 2.75) is 44.1 Å². The summed E-state index contributed by atoms with van der Waals surface area (Å²) in [5, 5.41) is 14.0. The van der Waals surface area contributed by atoms with E-state index in [1.807, 2.05) is 0 Å². The van der Waals surface area contributed by atoms with E-state index in [0.29, 0.717) is 12.8 Å². The summed E-state index contributed by atoms with van der Waals surface area (Å²) in [7, 11) is -2.47. The molecule has 0 amide bonds. The first-order valence-corrected chi connectivity index (χ1v) is 6.77. The summed E-state index contributed by atoms with van der Waals surface area (Å²) < 4.78 is 23.7. The molecule has 1 saturated carbocycles. The molecular formula is C9H18N2O4S. The fourth-order valence-corrected chi connectivity index (χ4v) is 3.15. The number of nitrogens with zero attached hydrogens (tertiary/aromatic N) is 1. The number of carboxylic acid groups (broad SMARTS) is 1. The van der Waals surface area contributed by atoms with Gasteiger partial charge in [-0.25, -0.2) is 5.14 Å². The van der Waals surface area contributed by atoms with Gasteiger partial charge in [0.05, 0.1) is 6.42 Å². The molecule has 16 heavy (non-hydrogen) atoms. The Kier molecular flexibility index (Phi) is 3.92. The summed E-state index contributed by atoms with van der Waals surface area (Å²) >= 11 is 0. The minimum absolute atomic E-state index is 0.181. The standard InChI is InChI=1S/C9H18N2O4S/c1-11(16(10,14)15)9(7-8(12)13)5-3-2-4-6-9/h2-7H2,1H3,(H,12,13)(H2,10,14,15). The Bertz CT molecular complexity index is 360. The van der Waals surface area contributed by atoms with Crippen LogP contribution in [0.3, 0.4) is 0 Å². The van der Waals surface area contributed by atoms with Crippen LogP contribution >= 0.6 is 0 Å². The normalized spacial score (nSPS) is 20.9. The highest BCUT2D eigenvalue weighted by Gasteiger charge is 2.42. The Morgan fingerprint density at radius 2 is 1.88 bits per heavy atom. The van der Waals surface area contributed by atoms with Gasteiger partial charge in [0.15, 0.2) is 0 Å². The molecule has 6 nitrogen and oxygen atoms in total. The Morgan fingerprint density at radius 1 is 1.38 bits per heavy atom. The SMILES string of the molecule is CN(C1(CC(=O)O)CCCCC1)S(N)(=O)=O. The summed E-state index contributed by atoms with van der Waals surface area (Å²) in [5.74, 6) is -0.989. The Balaban J connectivity index is 2.98. The van der Waals surface area contributed by atoms with Crippen LogP contribution < -0.4 is 5.14 Å². The third-order valence-electron chi connectivity index (χ3n) is 3.31. The van der Waals surface area contributed by atoms with Crippen molar-refractivity contribution < 1.29 is 18.3 Å². The average molecular weight is 250 g/mol. The topological polar surface area (TPSA) is 101 Å². The van der Waals surface area contributed by atoms with Crippen molar-refractivity contribution >= 4 is 16.2 Å². The molecule has 1 fully saturated rings. The minimum Gasteiger partial charge on any atom is -0.481 e. The highest BCUT2D eigenvalue weighted by Crippen LogP contribution is 2.36. The van der Waals surface area contributed by atoms with Crippen LogP contribution in [0.25, 0.3) is 0 Å². The minimum atomic E-state index is -3.84. The zero-order chi connectivity index (χ0) is 12.4. The molecule has 0 spiro atoms. The summed E-state index contributed by atoms with van der Waals surface area (Å²) in [4.78, 5) is 10.8. The van der Waals surface area contributed by atoms with Crippen molar-refractivity contribution in [3.05, 3.63) is 0 Å². The van der Waals surface area contributed by atoms with E-state index in [1.54, 1.807) is 0 Å². The van der Waals surface area contributed by atoms with Gasteiger partial charge in [-0.2, -0.15) is 12.7 Å². The number of hydrogen-bond acceptors (Lipinski definition) is 3. The zero-order valence-electron chi connectivity index (χ0n) is 9.35. The first-order valence-electron chi connectivity index (χ1n) is 5.26. The predicted octanol–water partition coefficient (Wildman–Crippen LogP) is 0.299. The van der Waals surface area contributed by atoms with Gasteiger partial charge < -0.3 is 5.11 Å². The lowest BCUT2D eigenvalue weighted by atomic mass is 9.79. The number of hydrogen-bond donors (Lipinski definition) is 2. The van der Waals surface area contributed by atoms with Gasteiger partial charge in [0.2, 0.25) is 0 Å². The molecule has 0 heterocycles. The highest BCUT2D eigenvalue weighted by atomic mass is 32.2. The van der Waals surface area contributed by atoms with Gasteiger partial charge in [-0.15, -0.1) is 0 Å². The van der Waals surface area contributed by atoms with Gasteiger partial charge in [-0.3, -0.25) is 4.79 Å². The van der Waals surface area contributed by atoms with E-state index in [4.69, 9.17) is 10.2 Å². The number of aliphatic carboxylic acids is 1. The van der Waals surface area contributed by atoms with Crippen molar-refractivity contribution in [2.75, 3.05) is 7.05 Å². The van der Waals surface area contributed by atoms with E-state index < -0.39 is 21.7 Å². The number of carboxylic acids is 1. The summed E-state index contributed by atoms with van der Waals surface area (Å²) in [6.45, 7) is 0. The second-order valence-electron chi connectivity index (χ2n) is 4.37. The van der Waals surface area contributed by atoms with E-state index in [2.05, 4.69) is 0 Å². The second-order valence-corrected chi connectivity index (χ2v) is 5.95. The molecule has 0 bridgehead atoms. The van der Waals surface area contributed by atoms with E-state index in [-0.39, 0.29) is 6.42 Å². The van der Waals surface area contributed by atoms with E-state index in [1.165, 1.54) is 7.05 Å². The lowest BCUT2D eigenvalue weighted by molar-refractivity contribution is -0.140. The number of nitrogens with two attached hydrogens (primary N) is 1. The zero-order valence-corrected chi connectivity index (χ0v) is 10.2. The van der Waals surface area contributed by atoms with E-state index in [9.17, 15) is 13.2 Å². The Morgan fingerprint density at radius 3 is 2.25 bits per heavy atom. The highest BCUT2D eigenvalue weighted by molar-refractivity contribution is 7.86. The van der Waals surface area contributed by atoms with Crippen molar-refractivity contribution in [3.63, 3.8) is 0 Å². The van der Waals surface area contributed by atoms with E-state index >= 15 is 0 Å². The first kappa shape index (κ1) is 13.4. The van der Waals surface area contributed by atoms with Crippen molar-refractivity contribution in [1.29, 1.82) is 0 Å². The van der Waals surface area contributed by atoms with Crippen LogP contribution in [0.5, 0.6) is 0 Å². The molecule has 0 atom stereocenters. The van der Waals surface area contributed by atoms with Crippen LogP contribution in [-0.4, -0.2) is 36.4 Å². The first-order chi connectivity index (χ1) is 7.28. The van der Waals surface area contributed by atoms with Crippen LogP contribution in [0.2, 0.25) is 0 Å². The number of rotatable bonds is 4. The van der Waals surface area contributed by atoms with Crippen molar-refractivity contribution in [2.24, 2.45) is 5.14 Å². The molecule has 0 aromatic rings. The molecule has 94 valence electrons. The van der Waals surface area contributed by atoms with E-state index in [0.717, 1.165) is 23.6 Å². The third kappa shape index (κ3) is 2.93. The molecule has 0 aromatic carbocycles. The fourth-order valence-electron chi connectivity index (χ4n) is 2.36. The van der Waals surface area contributed by atoms with Crippen LogP contribution in [0.1, 0.15) is 38.5 Å². The van der Waals surface area contributed by atoms with Crippen LogP contribution in [0.15, 0.2) is 0 Å². The van der Waals surface area contributed by atoms with Gasteiger partial charge in [0.1, 0.15) is 0 Å². The maximum absolute atomic E-state index is 11.3. The lowest BCUT2D eigenvalue weighted by Gasteiger charge is -2.41. The molecule has 7 heteroatoms.